The Hall–Kier alpha value is -0.0800. The summed E-state index contributed by atoms with van der Waals surface area (Å²) in [5.41, 5.74) is 6.92. The first-order valence-corrected chi connectivity index (χ1v) is 8.45. The predicted octanol–water partition coefficient (Wildman–Crippen LogP) is 4.04. The summed E-state index contributed by atoms with van der Waals surface area (Å²) in [5, 5.41) is 0. The molecule has 1 aliphatic rings. The summed E-state index contributed by atoms with van der Waals surface area (Å²) >= 11 is 0. The van der Waals surface area contributed by atoms with Crippen molar-refractivity contribution in [3.05, 3.63) is 0 Å². The molecule has 19 heavy (non-hydrogen) atoms. The van der Waals surface area contributed by atoms with Gasteiger partial charge in [0, 0.05) is 12.1 Å². The molecule has 0 aromatic heterocycles. The topological polar surface area (TPSA) is 29.3 Å². The lowest BCUT2D eigenvalue weighted by Gasteiger charge is -2.46. The van der Waals surface area contributed by atoms with E-state index in [9.17, 15) is 0 Å². The van der Waals surface area contributed by atoms with Crippen LogP contribution in [0.15, 0.2) is 0 Å². The van der Waals surface area contributed by atoms with Gasteiger partial charge in [0.15, 0.2) is 0 Å². The van der Waals surface area contributed by atoms with E-state index in [1.54, 1.807) is 0 Å². The Morgan fingerprint density at radius 1 is 1.05 bits per heavy atom. The van der Waals surface area contributed by atoms with Crippen LogP contribution in [0.4, 0.5) is 0 Å². The van der Waals surface area contributed by atoms with Crippen molar-refractivity contribution in [2.75, 3.05) is 13.1 Å². The smallest absolute Gasteiger partial charge is 0.0250 e. The first kappa shape index (κ1) is 17.0. The molecule has 0 heterocycles. The zero-order chi connectivity index (χ0) is 14.5. The molecule has 0 aromatic carbocycles. The molecule has 0 amide bonds. The largest absolute Gasteiger partial charge is 0.326 e. The van der Waals surface area contributed by atoms with Gasteiger partial charge >= 0.3 is 0 Å². The highest BCUT2D eigenvalue weighted by molar-refractivity contribution is 4.93. The van der Waals surface area contributed by atoms with E-state index in [4.69, 9.17) is 5.73 Å². The van der Waals surface area contributed by atoms with Crippen LogP contribution < -0.4 is 5.73 Å². The van der Waals surface area contributed by atoms with Crippen molar-refractivity contribution in [2.45, 2.75) is 85.2 Å². The summed E-state index contributed by atoms with van der Waals surface area (Å²) in [5.74, 6) is 0.846. The van der Waals surface area contributed by atoms with E-state index in [0.717, 1.165) is 5.92 Å². The second kappa shape index (κ2) is 7.64. The molecule has 1 saturated carbocycles. The Balaban J connectivity index is 2.73. The zero-order valence-corrected chi connectivity index (χ0v) is 13.9. The van der Waals surface area contributed by atoms with Gasteiger partial charge < -0.3 is 5.73 Å². The lowest BCUT2D eigenvalue weighted by atomic mass is 9.67. The Morgan fingerprint density at radius 3 is 2.11 bits per heavy atom. The molecule has 1 fully saturated rings. The van der Waals surface area contributed by atoms with E-state index >= 15 is 0 Å². The lowest BCUT2D eigenvalue weighted by molar-refractivity contribution is 0.0598. The SMILES string of the molecule is CCCN(CCC)C1CC(C(C)(C)CC)CCC1N. The van der Waals surface area contributed by atoms with Gasteiger partial charge in [0.1, 0.15) is 0 Å². The molecule has 114 valence electrons. The van der Waals surface area contributed by atoms with Crippen LogP contribution in [0.25, 0.3) is 0 Å². The van der Waals surface area contributed by atoms with Gasteiger partial charge in [-0.3, -0.25) is 4.90 Å². The van der Waals surface area contributed by atoms with Crippen LogP contribution in [0, 0.1) is 11.3 Å². The third-order valence-electron chi connectivity index (χ3n) is 5.38. The van der Waals surface area contributed by atoms with Gasteiger partial charge in [-0.05, 0) is 56.5 Å². The standard InChI is InChI=1S/C17H36N2/c1-6-11-19(12-7-2)16-13-14(9-10-15(16)18)17(4,5)8-3/h14-16H,6-13,18H2,1-5H3. The van der Waals surface area contributed by atoms with Gasteiger partial charge in [-0.25, -0.2) is 0 Å². The molecule has 1 aliphatic carbocycles. The normalized spacial score (nSPS) is 28.9. The fraction of sp³-hybridized carbons (Fsp3) is 1.00. The molecule has 3 unspecified atom stereocenters. The van der Waals surface area contributed by atoms with E-state index in [1.807, 2.05) is 0 Å². The van der Waals surface area contributed by atoms with Gasteiger partial charge in [-0.2, -0.15) is 0 Å². The second-order valence-electron chi connectivity index (χ2n) is 7.12. The van der Waals surface area contributed by atoms with Gasteiger partial charge in [0.25, 0.3) is 0 Å². The summed E-state index contributed by atoms with van der Waals surface area (Å²) in [7, 11) is 0. The highest BCUT2D eigenvalue weighted by Crippen LogP contribution is 2.41. The van der Waals surface area contributed by atoms with Crippen LogP contribution in [-0.2, 0) is 0 Å². The van der Waals surface area contributed by atoms with Crippen molar-refractivity contribution < 1.29 is 0 Å². The minimum Gasteiger partial charge on any atom is -0.326 e. The van der Waals surface area contributed by atoms with Crippen LogP contribution in [0.2, 0.25) is 0 Å². The minimum atomic E-state index is 0.391. The molecule has 2 nitrogen and oxygen atoms in total. The Bertz CT molecular complexity index is 244. The van der Waals surface area contributed by atoms with E-state index in [1.165, 1.54) is 51.6 Å². The Kier molecular flexibility index (Phi) is 6.82. The number of rotatable bonds is 7. The molecule has 2 heteroatoms. The zero-order valence-electron chi connectivity index (χ0n) is 13.9. The fourth-order valence-electron chi connectivity index (χ4n) is 3.61. The molecule has 1 rings (SSSR count). The van der Waals surface area contributed by atoms with Crippen molar-refractivity contribution in [1.82, 2.24) is 4.90 Å². The summed E-state index contributed by atoms with van der Waals surface area (Å²) in [6, 6.07) is 1.01. The van der Waals surface area contributed by atoms with Crippen LogP contribution in [-0.4, -0.2) is 30.1 Å². The van der Waals surface area contributed by atoms with Crippen molar-refractivity contribution in [3.63, 3.8) is 0 Å². The summed E-state index contributed by atoms with van der Waals surface area (Å²) in [6.07, 6.45) is 7.60. The Morgan fingerprint density at radius 2 is 1.63 bits per heavy atom. The fourth-order valence-corrected chi connectivity index (χ4v) is 3.61. The molecule has 0 aromatic rings. The number of nitrogens with zero attached hydrogens (tertiary/aromatic N) is 1. The first-order chi connectivity index (χ1) is 8.96. The minimum absolute atomic E-state index is 0.391. The van der Waals surface area contributed by atoms with Crippen molar-refractivity contribution in [1.29, 1.82) is 0 Å². The molecule has 0 saturated heterocycles. The molecule has 3 atom stereocenters. The maximum absolute atomic E-state index is 6.45. The van der Waals surface area contributed by atoms with E-state index in [2.05, 4.69) is 39.5 Å². The molecular weight excluding hydrogens is 232 g/mol. The van der Waals surface area contributed by atoms with E-state index in [-0.39, 0.29) is 0 Å². The van der Waals surface area contributed by atoms with Gasteiger partial charge in [-0.1, -0.05) is 41.0 Å². The average Bonchev–Trinajstić information content (AvgIpc) is 2.39. The molecular formula is C17H36N2. The highest BCUT2D eigenvalue weighted by atomic mass is 15.2. The number of hydrogen-bond donors (Lipinski definition) is 1. The molecule has 0 radical (unpaired) electrons. The quantitative estimate of drug-likeness (QED) is 0.755. The average molecular weight is 268 g/mol. The lowest BCUT2D eigenvalue weighted by Crippen LogP contribution is -2.53. The van der Waals surface area contributed by atoms with Crippen molar-refractivity contribution in [2.24, 2.45) is 17.1 Å². The maximum atomic E-state index is 6.45. The first-order valence-electron chi connectivity index (χ1n) is 8.45. The highest BCUT2D eigenvalue weighted by Gasteiger charge is 2.37. The van der Waals surface area contributed by atoms with Gasteiger partial charge in [0.2, 0.25) is 0 Å². The van der Waals surface area contributed by atoms with Crippen LogP contribution in [0.1, 0.15) is 73.1 Å². The van der Waals surface area contributed by atoms with Gasteiger partial charge in [0.05, 0.1) is 0 Å². The monoisotopic (exact) mass is 268 g/mol. The van der Waals surface area contributed by atoms with Crippen LogP contribution >= 0.6 is 0 Å². The van der Waals surface area contributed by atoms with Crippen LogP contribution in [0.5, 0.6) is 0 Å². The molecule has 0 bridgehead atoms. The predicted molar refractivity (Wildman–Crippen MR) is 85.3 cm³/mol. The number of nitrogens with two attached hydrogens (primary N) is 1. The summed E-state index contributed by atoms with van der Waals surface area (Å²) in [4.78, 5) is 2.67. The second-order valence-corrected chi connectivity index (χ2v) is 7.12. The van der Waals surface area contributed by atoms with E-state index in [0.29, 0.717) is 17.5 Å². The molecule has 2 N–H and O–H groups in total. The van der Waals surface area contributed by atoms with Crippen LogP contribution in [0.3, 0.4) is 0 Å². The van der Waals surface area contributed by atoms with E-state index < -0.39 is 0 Å². The third kappa shape index (κ3) is 4.46. The maximum Gasteiger partial charge on any atom is 0.0250 e. The van der Waals surface area contributed by atoms with Gasteiger partial charge in [-0.15, -0.1) is 0 Å². The van der Waals surface area contributed by atoms with Crippen molar-refractivity contribution >= 4 is 0 Å². The molecule has 0 spiro atoms. The third-order valence-corrected chi connectivity index (χ3v) is 5.38. The summed E-state index contributed by atoms with van der Waals surface area (Å²) < 4.78 is 0. The molecule has 0 aliphatic heterocycles. The summed E-state index contributed by atoms with van der Waals surface area (Å²) in [6.45, 7) is 14.2. The van der Waals surface area contributed by atoms with Crippen molar-refractivity contribution in [3.8, 4) is 0 Å². The number of hydrogen-bond acceptors (Lipinski definition) is 2. The Labute approximate surface area is 121 Å².